The second kappa shape index (κ2) is 10.1. The number of ether oxygens (including phenoxy) is 3. The van der Waals surface area contributed by atoms with Gasteiger partial charge < -0.3 is 19.3 Å². The van der Waals surface area contributed by atoms with E-state index in [9.17, 15) is 14.4 Å². The van der Waals surface area contributed by atoms with Crippen molar-refractivity contribution in [2.45, 2.75) is 39.5 Å². The number of hydrogen-bond donors (Lipinski definition) is 1. The Kier molecular flexibility index (Phi) is 8.51. The summed E-state index contributed by atoms with van der Waals surface area (Å²) in [5.74, 6) is -1.42. The van der Waals surface area contributed by atoms with E-state index in [1.807, 2.05) is 22.6 Å². The predicted octanol–water partition coefficient (Wildman–Crippen LogP) is 3.17. The van der Waals surface area contributed by atoms with Crippen LogP contribution in [0, 0.1) is 3.57 Å². The molecular formula is C16H19IO7. The minimum Gasteiger partial charge on any atom is -0.490 e. The number of hydrogen-bond acceptors (Lipinski definition) is 6. The third-order valence-corrected chi connectivity index (χ3v) is 3.66. The number of carbonyl (C=O) groups excluding carboxylic acids is 2. The Hall–Kier alpha value is -1.84. The lowest BCUT2D eigenvalue weighted by atomic mass is 10.2. The maximum absolute atomic E-state index is 11.3. The number of esters is 2. The molecule has 0 aliphatic heterocycles. The van der Waals surface area contributed by atoms with E-state index in [-0.39, 0.29) is 17.9 Å². The van der Waals surface area contributed by atoms with Crippen molar-refractivity contribution in [1.82, 2.24) is 0 Å². The average molecular weight is 450 g/mol. The number of carboxylic acids is 1. The molecule has 0 aromatic heterocycles. The fraction of sp³-hybridized carbons (Fsp3) is 0.438. The minimum absolute atomic E-state index is 0.0649. The molecule has 0 aliphatic carbocycles. The van der Waals surface area contributed by atoms with E-state index in [0.717, 1.165) is 0 Å². The van der Waals surface area contributed by atoms with Crippen LogP contribution in [0.3, 0.4) is 0 Å². The van der Waals surface area contributed by atoms with Crippen LogP contribution in [0.25, 0.3) is 0 Å². The summed E-state index contributed by atoms with van der Waals surface area (Å²) in [6.07, 6.45) is 2.05. The first kappa shape index (κ1) is 20.2. The molecule has 0 unspecified atom stereocenters. The van der Waals surface area contributed by atoms with Gasteiger partial charge in [0.1, 0.15) is 0 Å². The van der Waals surface area contributed by atoms with E-state index in [1.165, 1.54) is 13.8 Å². The van der Waals surface area contributed by atoms with E-state index >= 15 is 0 Å². The van der Waals surface area contributed by atoms with Crippen molar-refractivity contribution in [3.8, 4) is 17.2 Å². The predicted molar refractivity (Wildman–Crippen MR) is 93.4 cm³/mol. The zero-order valence-corrected chi connectivity index (χ0v) is 15.6. The van der Waals surface area contributed by atoms with E-state index in [2.05, 4.69) is 0 Å². The topological polar surface area (TPSA) is 99.1 Å². The fourth-order valence-corrected chi connectivity index (χ4v) is 2.39. The van der Waals surface area contributed by atoms with Crippen LogP contribution >= 0.6 is 22.6 Å². The van der Waals surface area contributed by atoms with Gasteiger partial charge in [0.2, 0.25) is 5.75 Å². The molecule has 0 spiro atoms. The number of benzene rings is 1. The van der Waals surface area contributed by atoms with Crippen LogP contribution < -0.4 is 14.2 Å². The van der Waals surface area contributed by atoms with Gasteiger partial charge in [0.25, 0.3) is 0 Å². The highest BCUT2D eigenvalue weighted by atomic mass is 127. The Morgan fingerprint density at radius 1 is 1.00 bits per heavy atom. The molecule has 1 rings (SSSR count). The molecule has 1 aromatic rings. The Morgan fingerprint density at radius 3 is 2.21 bits per heavy atom. The van der Waals surface area contributed by atoms with Crippen molar-refractivity contribution < 1.29 is 33.7 Å². The highest BCUT2D eigenvalue weighted by Crippen LogP contribution is 2.41. The average Bonchev–Trinajstić information content (AvgIpc) is 2.47. The van der Waals surface area contributed by atoms with E-state index in [4.69, 9.17) is 19.3 Å². The van der Waals surface area contributed by atoms with Crippen LogP contribution in [0.2, 0.25) is 0 Å². The number of aliphatic carboxylic acids is 1. The lowest BCUT2D eigenvalue weighted by Gasteiger charge is -2.15. The summed E-state index contributed by atoms with van der Waals surface area (Å²) in [5.41, 5.74) is 0. The van der Waals surface area contributed by atoms with Crippen LogP contribution in [-0.4, -0.2) is 29.6 Å². The monoisotopic (exact) mass is 450 g/mol. The molecule has 1 N–H and O–H groups in total. The fourth-order valence-electron chi connectivity index (χ4n) is 1.85. The molecule has 0 atom stereocenters. The Morgan fingerprint density at radius 2 is 1.62 bits per heavy atom. The first-order valence-corrected chi connectivity index (χ1v) is 8.43. The molecule has 0 bridgehead atoms. The lowest BCUT2D eigenvalue weighted by Crippen LogP contribution is -2.10. The van der Waals surface area contributed by atoms with Gasteiger partial charge in [-0.2, -0.15) is 0 Å². The maximum atomic E-state index is 11.3. The second-order valence-corrected chi connectivity index (χ2v) is 6.11. The summed E-state index contributed by atoms with van der Waals surface area (Å²) in [5, 5.41) is 8.57. The standard InChI is InChI=1S/C16H19IO7/c1-10(18)23-15-12(17)7-8-13(16(15)24-11(2)19)22-9-5-3-4-6-14(20)21/h7-8H,3-6,9H2,1-2H3,(H,20,21). The number of halogens is 1. The van der Waals surface area contributed by atoms with E-state index < -0.39 is 17.9 Å². The van der Waals surface area contributed by atoms with Gasteiger partial charge in [-0.1, -0.05) is 0 Å². The van der Waals surface area contributed by atoms with Gasteiger partial charge in [-0.25, -0.2) is 0 Å². The summed E-state index contributed by atoms with van der Waals surface area (Å²) in [6, 6.07) is 3.32. The van der Waals surface area contributed by atoms with Crippen LogP contribution in [0.1, 0.15) is 39.5 Å². The summed E-state index contributed by atoms with van der Waals surface area (Å²) in [4.78, 5) is 33.0. The van der Waals surface area contributed by atoms with Gasteiger partial charge >= 0.3 is 17.9 Å². The minimum atomic E-state index is -0.822. The molecule has 132 valence electrons. The SMILES string of the molecule is CC(=O)Oc1c(I)ccc(OCCCCCC(=O)O)c1OC(C)=O. The van der Waals surface area contributed by atoms with Gasteiger partial charge in [-0.05, 0) is 54.0 Å². The van der Waals surface area contributed by atoms with Crippen molar-refractivity contribution in [2.24, 2.45) is 0 Å². The van der Waals surface area contributed by atoms with Crippen molar-refractivity contribution in [3.05, 3.63) is 15.7 Å². The highest BCUT2D eigenvalue weighted by Gasteiger charge is 2.20. The smallest absolute Gasteiger partial charge is 0.308 e. The first-order chi connectivity index (χ1) is 11.3. The van der Waals surface area contributed by atoms with Crippen LogP contribution in [0.15, 0.2) is 12.1 Å². The Bertz CT molecular complexity index is 613. The molecule has 0 fully saturated rings. The number of carboxylic acid groups (broad SMARTS) is 1. The van der Waals surface area contributed by atoms with Crippen molar-refractivity contribution in [3.63, 3.8) is 0 Å². The zero-order chi connectivity index (χ0) is 18.1. The molecule has 0 radical (unpaired) electrons. The van der Waals surface area contributed by atoms with Gasteiger partial charge in [0.15, 0.2) is 11.5 Å². The zero-order valence-electron chi connectivity index (χ0n) is 13.5. The van der Waals surface area contributed by atoms with Crippen LogP contribution in [-0.2, 0) is 14.4 Å². The molecule has 0 saturated carbocycles. The molecule has 1 aromatic carbocycles. The molecular weight excluding hydrogens is 431 g/mol. The van der Waals surface area contributed by atoms with E-state index in [0.29, 0.717) is 35.2 Å². The van der Waals surface area contributed by atoms with Crippen molar-refractivity contribution in [1.29, 1.82) is 0 Å². The quantitative estimate of drug-likeness (QED) is 0.267. The molecule has 0 amide bonds. The molecule has 0 saturated heterocycles. The van der Waals surface area contributed by atoms with Gasteiger partial charge in [0.05, 0.1) is 10.2 Å². The summed E-state index contributed by atoms with van der Waals surface area (Å²) in [7, 11) is 0. The normalized spacial score (nSPS) is 10.1. The molecule has 0 heterocycles. The molecule has 8 heteroatoms. The van der Waals surface area contributed by atoms with Crippen molar-refractivity contribution in [2.75, 3.05) is 6.61 Å². The Labute approximate surface area is 153 Å². The number of unbranched alkanes of at least 4 members (excludes halogenated alkanes) is 2. The van der Waals surface area contributed by atoms with Gasteiger partial charge in [-0.3, -0.25) is 14.4 Å². The van der Waals surface area contributed by atoms with E-state index in [1.54, 1.807) is 12.1 Å². The lowest BCUT2D eigenvalue weighted by molar-refractivity contribution is -0.137. The molecule has 24 heavy (non-hydrogen) atoms. The third-order valence-electron chi connectivity index (χ3n) is 2.81. The van der Waals surface area contributed by atoms with Crippen LogP contribution in [0.5, 0.6) is 17.2 Å². The summed E-state index contributed by atoms with van der Waals surface area (Å²) in [6.45, 7) is 2.82. The summed E-state index contributed by atoms with van der Waals surface area (Å²) < 4.78 is 16.5. The molecule has 7 nitrogen and oxygen atoms in total. The second-order valence-electron chi connectivity index (χ2n) is 4.94. The summed E-state index contributed by atoms with van der Waals surface area (Å²) >= 11 is 1.97. The van der Waals surface area contributed by atoms with Gasteiger partial charge in [-0.15, -0.1) is 0 Å². The van der Waals surface area contributed by atoms with Gasteiger partial charge in [0, 0.05) is 20.3 Å². The van der Waals surface area contributed by atoms with Crippen molar-refractivity contribution >= 4 is 40.5 Å². The molecule has 0 aliphatic rings. The largest absolute Gasteiger partial charge is 0.490 e. The third kappa shape index (κ3) is 7.16. The van der Waals surface area contributed by atoms with Crippen LogP contribution in [0.4, 0.5) is 0 Å². The maximum Gasteiger partial charge on any atom is 0.308 e. The number of carbonyl (C=O) groups is 3. The number of rotatable bonds is 9. The highest BCUT2D eigenvalue weighted by molar-refractivity contribution is 14.1. The first-order valence-electron chi connectivity index (χ1n) is 7.35. The Balaban J connectivity index is 2.79.